The number of carbonyl (C=O) groups excluding carboxylic acids is 1. The van der Waals surface area contributed by atoms with E-state index in [4.69, 9.17) is 0 Å². The Labute approximate surface area is 167 Å². The van der Waals surface area contributed by atoms with Gasteiger partial charge in [0.05, 0.1) is 11.5 Å². The van der Waals surface area contributed by atoms with Gasteiger partial charge < -0.3 is 15.3 Å². The molecule has 1 aliphatic heterocycles. The summed E-state index contributed by atoms with van der Waals surface area (Å²) in [6, 6.07) is 17.4. The molecule has 4 rings (SSSR count). The number of nitrogens with zero attached hydrogens (tertiary/aromatic N) is 1. The van der Waals surface area contributed by atoms with Crippen LogP contribution in [-0.4, -0.2) is 35.5 Å². The maximum Gasteiger partial charge on any atom is 0.231 e. The lowest BCUT2D eigenvalue weighted by Gasteiger charge is -2.27. The van der Waals surface area contributed by atoms with Crippen molar-refractivity contribution < 1.29 is 9.90 Å². The number of aromatic hydroxyl groups is 1. The zero-order chi connectivity index (χ0) is 18.0. The molecule has 5 heteroatoms. The molecule has 0 unspecified atom stereocenters. The van der Waals surface area contributed by atoms with E-state index in [1.165, 1.54) is 12.8 Å². The minimum Gasteiger partial charge on any atom is -0.508 e. The number of rotatable bonds is 6. The predicted octanol–water partition coefficient (Wildman–Crippen LogP) is 3.80. The fraction of sp³-hybridized carbons (Fsp3) is 0.409. The smallest absolute Gasteiger partial charge is 0.231 e. The zero-order valence-corrected chi connectivity index (χ0v) is 16.3. The van der Waals surface area contributed by atoms with Crippen molar-refractivity contribution in [3.05, 3.63) is 65.7 Å². The normalized spacial score (nSPS) is 19.1. The van der Waals surface area contributed by atoms with E-state index in [0.29, 0.717) is 0 Å². The van der Waals surface area contributed by atoms with Crippen LogP contribution in [0.25, 0.3) is 0 Å². The summed E-state index contributed by atoms with van der Waals surface area (Å²) in [5.74, 6) is 0.300. The van der Waals surface area contributed by atoms with E-state index in [9.17, 15) is 9.90 Å². The zero-order valence-electron chi connectivity index (χ0n) is 15.4. The van der Waals surface area contributed by atoms with Crippen molar-refractivity contribution in [1.82, 2.24) is 10.2 Å². The highest BCUT2D eigenvalue weighted by atomic mass is 35.5. The van der Waals surface area contributed by atoms with Gasteiger partial charge in [0, 0.05) is 6.54 Å². The lowest BCUT2D eigenvalue weighted by molar-refractivity contribution is -0.124. The number of benzene rings is 2. The first-order valence-corrected chi connectivity index (χ1v) is 9.55. The van der Waals surface area contributed by atoms with E-state index < -0.39 is 5.41 Å². The van der Waals surface area contributed by atoms with Gasteiger partial charge in [-0.05, 0) is 62.0 Å². The molecule has 1 aliphatic carbocycles. The van der Waals surface area contributed by atoms with Gasteiger partial charge >= 0.3 is 0 Å². The highest BCUT2D eigenvalue weighted by molar-refractivity contribution is 5.91. The first-order valence-electron chi connectivity index (χ1n) is 9.55. The summed E-state index contributed by atoms with van der Waals surface area (Å²) in [5, 5.41) is 13.1. The van der Waals surface area contributed by atoms with E-state index in [2.05, 4.69) is 22.3 Å². The lowest BCUT2D eigenvalue weighted by atomic mass is 9.93. The standard InChI is InChI=1S/C22H26N2O2.ClH/c25-19-10-6-9-18(15-19)22(11-12-22)21(26)23-20(16-24-13-4-5-14-24)17-7-2-1-3-8-17;/h1-3,6-10,15,20,25H,4-5,11-14,16H2,(H,23,26);1H/t20-;/m1./s1. The van der Waals surface area contributed by atoms with Crippen LogP contribution in [0.3, 0.4) is 0 Å². The number of hydrogen-bond donors (Lipinski definition) is 2. The molecule has 2 fully saturated rings. The third-order valence-corrected chi connectivity index (χ3v) is 5.73. The molecule has 0 bridgehead atoms. The average molecular weight is 387 g/mol. The number of likely N-dealkylation sites (tertiary alicyclic amines) is 1. The molecule has 2 N–H and O–H groups in total. The molecule has 1 saturated carbocycles. The third-order valence-electron chi connectivity index (χ3n) is 5.73. The maximum absolute atomic E-state index is 13.2. The molecular formula is C22H27ClN2O2. The van der Waals surface area contributed by atoms with E-state index >= 15 is 0 Å². The minimum absolute atomic E-state index is 0. The number of phenolic OH excluding ortho intramolecular Hbond substituents is 1. The van der Waals surface area contributed by atoms with Crippen molar-refractivity contribution in [3.8, 4) is 5.75 Å². The van der Waals surface area contributed by atoms with E-state index in [1.54, 1.807) is 12.1 Å². The summed E-state index contributed by atoms with van der Waals surface area (Å²) >= 11 is 0. The molecule has 1 atom stereocenters. The average Bonchev–Trinajstić information content (AvgIpc) is 3.33. The second-order valence-electron chi connectivity index (χ2n) is 7.58. The van der Waals surface area contributed by atoms with Crippen LogP contribution in [0, 0.1) is 0 Å². The Hall–Kier alpha value is -2.04. The number of halogens is 1. The molecular weight excluding hydrogens is 360 g/mol. The predicted molar refractivity (Wildman–Crippen MR) is 109 cm³/mol. The summed E-state index contributed by atoms with van der Waals surface area (Å²) in [6.45, 7) is 3.07. The van der Waals surface area contributed by atoms with E-state index in [0.717, 1.165) is 43.6 Å². The Morgan fingerprint density at radius 3 is 2.41 bits per heavy atom. The van der Waals surface area contributed by atoms with Crippen LogP contribution < -0.4 is 5.32 Å². The highest BCUT2D eigenvalue weighted by Gasteiger charge is 2.51. The van der Waals surface area contributed by atoms with Crippen molar-refractivity contribution in [3.63, 3.8) is 0 Å². The number of nitrogens with one attached hydrogen (secondary N) is 1. The monoisotopic (exact) mass is 386 g/mol. The molecule has 4 nitrogen and oxygen atoms in total. The Kier molecular flexibility index (Phi) is 6.08. The van der Waals surface area contributed by atoms with E-state index in [1.807, 2.05) is 30.3 Å². The Morgan fingerprint density at radius 2 is 1.78 bits per heavy atom. The molecule has 2 aliphatic rings. The fourth-order valence-electron chi connectivity index (χ4n) is 4.01. The first kappa shape index (κ1) is 19.7. The lowest BCUT2D eigenvalue weighted by Crippen LogP contribution is -2.41. The van der Waals surface area contributed by atoms with Gasteiger partial charge in [-0.15, -0.1) is 12.4 Å². The minimum atomic E-state index is -0.475. The van der Waals surface area contributed by atoms with Crippen LogP contribution in [-0.2, 0) is 10.2 Å². The topological polar surface area (TPSA) is 52.6 Å². The molecule has 1 heterocycles. The largest absolute Gasteiger partial charge is 0.508 e. The molecule has 2 aromatic rings. The van der Waals surface area contributed by atoms with Crippen molar-refractivity contribution in [2.45, 2.75) is 37.1 Å². The number of phenols is 1. The van der Waals surface area contributed by atoms with Crippen LogP contribution in [0.1, 0.15) is 42.9 Å². The number of carbonyl (C=O) groups is 1. The van der Waals surface area contributed by atoms with Gasteiger partial charge in [0.15, 0.2) is 0 Å². The molecule has 0 spiro atoms. The van der Waals surface area contributed by atoms with Gasteiger partial charge in [-0.25, -0.2) is 0 Å². The molecule has 2 aromatic carbocycles. The summed E-state index contributed by atoms with van der Waals surface area (Å²) in [5.41, 5.74) is 1.60. The van der Waals surface area contributed by atoms with Gasteiger partial charge in [0.1, 0.15) is 5.75 Å². The van der Waals surface area contributed by atoms with Crippen molar-refractivity contribution in [2.75, 3.05) is 19.6 Å². The molecule has 1 saturated heterocycles. The summed E-state index contributed by atoms with van der Waals surface area (Å²) in [4.78, 5) is 15.6. The Morgan fingerprint density at radius 1 is 1.07 bits per heavy atom. The van der Waals surface area contributed by atoms with Crippen LogP contribution in [0.5, 0.6) is 5.75 Å². The molecule has 27 heavy (non-hydrogen) atoms. The molecule has 1 amide bonds. The van der Waals surface area contributed by atoms with Gasteiger partial charge in [0.25, 0.3) is 0 Å². The van der Waals surface area contributed by atoms with Gasteiger partial charge in [-0.2, -0.15) is 0 Å². The van der Waals surface area contributed by atoms with Crippen molar-refractivity contribution in [1.29, 1.82) is 0 Å². The number of hydrogen-bond acceptors (Lipinski definition) is 3. The van der Waals surface area contributed by atoms with Crippen LogP contribution in [0.15, 0.2) is 54.6 Å². The van der Waals surface area contributed by atoms with E-state index in [-0.39, 0.29) is 30.1 Å². The molecule has 144 valence electrons. The fourth-order valence-corrected chi connectivity index (χ4v) is 4.01. The van der Waals surface area contributed by atoms with Gasteiger partial charge in [0.2, 0.25) is 5.91 Å². The quantitative estimate of drug-likeness (QED) is 0.793. The third kappa shape index (κ3) is 4.28. The summed E-state index contributed by atoms with van der Waals surface area (Å²) in [6.07, 6.45) is 4.16. The van der Waals surface area contributed by atoms with Crippen molar-refractivity contribution >= 4 is 18.3 Å². The van der Waals surface area contributed by atoms with Gasteiger partial charge in [-0.1, -0.05) is 42.5 Å². The first-order chi connectivity index (χ1) is 12.7. The highest BCUT2D eigenvalue weighted by Crippen LogP contribution is 2.49. The van der Waals surface area contributed by atoms with Crippen LogP contribution in [0.2, 0.25) is 0 Å². The number of amides is 1. The molecule has 0 aromatic heterocycles. The van der Waals surface area contributed by atoms with Gasteiger partial charge in [-0.3, -0.25) is 4.79 Å². The molecule has 0 radical (unpaired) electrons. The summed E-state index contributed by atoms with van der Waals surface area (Å²) < 4.78 is 0. The SMILES string of the molecule is Cl.O=C(N[C@H](CN1CCCC1)c1ccccc1)C1(c2cccc(O)c2)CC1. The van der Waals surface area contributed by atoms with Crippen molar-refractivity contribution in [2.24, 2.45) is 0 Å². The summed E-state index contributed by atoms with van der Waals surface area (Å²) in [7, 11) is 0. The van der Waals surface area contributed by atoms with Crippen LogP contribution in [0.4, 0.5) is 0 Å². The second-order valence-corrected chi connectivity index (χ2v) is 7.58. The Bertz CT molecular complexity index is 771. The Balaban J connectivity index is 0.00000210. The maximum atomic E-state index is 13.2. The second kappa shape index (κ2) is 8.32. The van der Waals surface area contributed by atoms with Crippen LogP contribution >= 0.6 is 12.4 Å².